The van der Waals surface area contributed by atoms with Crippen LogP contribution < -0.4 is 10.6 Å². The van der Waals surface area contributed by atoms with Crippen LogP contribution in [-0.4, -0.2) is 54.5 Å². The molecule has 0 aromatic heterocycles. The molecule has 2 aromatic carbocycles. The van der Waals surface area contributed by atoms with Crippen molar-refractivity contribution in [2.45, 2.75) is 56.5 Å². The number of carbonyl (C=O) groups excluding carboxylic acids is 2. The minimum absolute atomic E-state index is 0.0225. The monoisotopic (exact) mass is 480 g/mol. The molecule has 186 valence electrons. The number of carbonyl (C=O) groups is 3. The maximum atomic E-state index is 12.6. The first-order chi connectivity index (χ1) is 16.9. The molecule has 0 spiro atoms. The fourth-order valence-corrected chi connectivity index (χ4v) is 4.93. The number of amides is 2. The number of aliphatic carboxylic acids is 1. The van der Waals surface area contributed by atoms with Crippen molar-refractivity contribution in [3.05, 3.63) is 59.7 Å². The average Bonchev–Trinajstić information content (AvgIpc) is 3.19. The quantitative estimate of drug-likeness (QED) is 0.503. The zero-order chi connectivity index (χ0) is 24.8. The lowest BCUT2D eigenvalue weighted by Crippen LogP contribution is -2.57. The Morgan fingerprint density at radius 1 is 1.06 bits per heavy atom. The Kier molecular flexibility index (Phi) is 7.70. The summed E-state index contributed by atoms with van der Waals surface area (Å²) in [6.07, 6.45) is 1.07. The van der Waals surface area contributed by atoms with E-state index in [-0.39, 0.29) is 43.7 Å². The topological polar surface area (TPSA) is 114 Å². The molecule has 0 radical (unpaired) electrons. The highest BCUT2D eigenvalue weighted by Gasteiger charge is 2.41. The molecule has 3 N–H and O–H groups in total. The van der Waals surface area contributed by atoms with Gasteiger partial charge in [0.1, 0.15) is 12.1 Å². The number of carboxylic acid groups (broad SMARTS) is 1. The highest BCUT2D eigenvalue weighted by molar-refractivity contribution is 5.87. The van der Waals surface area contributed by atoms with Gasteiger partial charge in [0.05, 0.1) is 0 Å². The van der Waals surface area contributed by atoms with Crippen molar-refractivity contribution in [1.29, 1.82) is 0 Å². The fourth-order valence-electron chi connectivity index (χ4n) is 4.93. The molecule has 8 nitrogen and oxygen atoms in total. The molecule has 2 amide bonds. The Balaban J connectivity index is 1.28. The van der Waals surface area contributed by atoms with E-state index in [1.54, 1.807) is 0 Å². The van der Waals surface area contributed by atoms with Crippen LogP contribution in [0.5, 0.6) is 0 Å². The van der Waals surface area contributed by atoms with Gasteiger partial charge < -0.3 is 25.2 Å². The average molecular weight is 481 g/mol. The standard InChI is InChI=1S/C27H32N2O6/c1-2-18(11-12-24(30)29-27(25(31)32)13-15-34-16-14-27)28-26(33)35-17-23-21-9-5-3-7-19(21)20-8-4-6-10-22(20)23/h3-10,18,23H,2,11-17H2,1H3,(H,28,33)(H,29,30)(H,31,32). The van der Waals surface area contributed by atoms with Gasteiger partial charge in [0.2, 0.25) is 5.91 Å². The predicted molar refractivity (Wildman–Crippen MR) is 130 cm³/mol. The van der Waals surface area contributed by atoms with Crippen molar-refractivity contribution < 1.29 is 29.0 Å². The minimum Gasteiger partial charge on any atom is -0.480 e. The number of ether oxygens (including phenoxy) is 2. The van der Waals surface area contributed by atoms with E-state index in [9.17, 15) is 19.5 Å². The van der Waals surface area contributed by atoms with Gasteiger partial charge in [0.25, 0.3) is 0 Å². The Labute approximate surface area is 205 Å². The second-order valence-electron chi connectivity index (χ2n) is 9.16. The van der Waals surface area contributed by atoms with E-state index in [1.165, 1.54) is 11.1 Å². The smallest absolute Gasteiger partial charge is 0.407 e. The summed E-state index contributed by atoms with van der Waals surface area (Å²) in [6.45, 7) is 2.74. The largest absolute Gasteiger partial charge is 0.480 e. The fraction of sp³-hybridized carbons (Fsp3) is 0.444. The number of rotatable bonds is 9. The van der Waals surface area contributed by atoms with Crippen LogP contribution in [0.2, 0.25) is 0 Å². The molecule has 2 aromatic rings. The van der Waals surface area contributed by atoms with Gasteiger partial charge >= 0.3 is 12.1 Å². The molecule has 1 atom stereocenters. The van der Waals surface area contributed by atoms with E-state index in [0.717, 1.165) is 11.1 Å². The van der Waals surface area contributed by atoms with Gasteiger partial charge in [-0.1, -0.05) is 55.5 Å². The summed E-state index contributed by atoms with van der Waals surface area (Å²) < 4.78 is 10.8. The molecule has 0 bridgehead atoms. The van der Waals surface area contributed by atoms with Crippen molar-refractivity contribution in [1.82, 2.24) is 10.6 Å². The Morgan fingerprint density at radius 3 is 2.23 bits per heavy atom. The highest BCUT2D eigenvalue weighted by atomic mass is 16.5. The molecule has 4 rings (SSSR count). The Hall–Kier alpha value is -3.39. The van der Waals surface area contributed by atoms with Crippen molar-refractivity contribution in [3.8, 4) is 11.1 Å². The summed E-state index contributed by atoms with van der Waals surface area (Å²) in [5.74, 6) is -1.41. The molecule has 1 aliphatic heterocycles. The van der Waals surface area contributed by atoms with E-state index < -0.39 is 17.6 Å². The molecule has 1 fully saturated rings. The van der Waals surface area contributed by atoms with Crippen LogP contribution in [0.4, 0.5) is 4.79 Å². The number of alkyl carbamates (subject to hydrolysis) is 1. The van der Waals surface area contributed by atoms with Crippen molar-refractivity contribution in [2.75, 3.05) is 19.8 Å². The first-order valence-corrected chi connectivity index (χ1v) is 12.2. The molecule has 0 saturated carbocycles. The molecular weight excluding hydrogens is 448 g/mol. The van der Waals surface area contributed by atoms with E-state index in [4.69, 9.17) is 9.47 Å². The Morgan fingerprint density at radius 2 is 1.66 bits per heavy atom. The number of benzene rings is 2. The molecule has 1 saturated heterocycles. The zero-order valence-electron chi connectivity index (χ0n) is 19.9. The lowest BCUT2D eigenvalue weighted by molar-refractivity contribution is -0.152. The van der Waals surface area contributed by atoms with E-state index in [2.05, 4.69) is 34.9 Å². The lowest BCUT2D eigenvalue weighted by atomic mass is 9.90. The number of nitrogens with one attached hydrogen (secondary N) is 2. The van der Waals surface area contributed by atoms with Gasteiger partial charge in [-0.3, -0.25) is 4.79 Å². The number of fused-ring (bicyclic) bond motifs is 3. The highest BCUT2D eigenvalue weighted by Crippen LogP contribution is 2.44. The summed E-state index contributed by atoms with van der Waals surface area (Å²) in [5.41, 5.74) is 3.34. The second kappa shape index (κ2) is 10.9. The van der Waals surface area contributed by atoms with Crippen LogP contribution in [0.1, 0.15) is 56.1 Å². The molecular formula is C27H32N2O6. The summed E-state index contributed by atoms with van der Waals surface area (Å²) >= 11 is 0. The summed E-state index contributed by atoms with van der Waals surface area (Å²) in [4.78, 5) is 36.8. The van der Waals surface area contributed by atoms with Gasteiger partial charge in [-0.05, 0) is 35.1 Å². The van der Waals surface area contributed by atoms with Crippen LogP contribution in [0, 0.1) is 0 Å². The normalized spacial score (nSPS) is 17.1. The maximum Gasteiger partial charge on any atom is 0.407 e. The van der Waals surface area contributed by atoms with Gasteiger partial charge in [-0.15, -0.1) is 0 Å². The zero-order valence-corrected chi connectivity index (χ0v) is 19.9. The third-order valence-corrected chi connectivity index (χ3v) is 7.01. The van der Waals surface area contributed by atoms with E-state index >= 15 is 0 Å². The number of carboxylic acids is 1. The van der Waals surface area contributed by atoms with E-state index in [0.29, 0.717) is 26.1 Å². The van der Waals surface area contributed by atoms with Crippen LogP contribution in [-0.2, 0) is 19.1 Å². The SMILES string of the molecule is CCC(CCC(=O)NC1(C(=O)O)CCOCC1)NC(=O)OCC1c2ccccc2-c2ccccc21. The summed E-state index contributed by atoms with van der Waals surface area (Å²) in [7, 11) is 0. The van der Waals surface area contributed by atoms with Gasteiger partial charge in [0.15, 0.2) is 0 Å². The molecule has 1 heterocycles. The van der Waals surface area contributed by atoms with Crippen molar-refractivity contribution in [3.63, 3.8) is 0 Å². The number of hydrogen-bond acceptors (Lipinski definition) is 5. The number of hydrogen-bond donors (Lipinski definition) is 3. The van der Waals surface area contributed by atoms with Crippen LogP contribution in [0.15, 0.2) is 48.5 Å². The van der Waals surface area contributed by atoms with Crippen LogP contribution in [0.3, 0.4) is 0 Å². The van der Waals surface area contributed by atoms with Gasteiger partial charge in [-0.2, -0.15) is 0 Å². The second-order valence-corrected chi connectivity index (χ2v) is 9.16. The minimum atomic E-state index is -1.28. The van der Waals surface area contributed by atoms with Crippen LogP contribution >= 0.6 is 0 Å². The first-order valence-electron chi connectivity index (χ1n) is 12.2. The van der Waals surface area contributed by atoms with E-state index in [1.807, 2.05) is 31.2 Å². The molecule has 2 aliphatic rings. The molecule has 8 heteroatoms. The molecule has 1 aliphatic carbocycles. The third kappa shape index (κ3) is 5.48. The molecule has 1 unspecified atom stereocenters. The van der Waals surface area contributed by atoms with Crippen molar-refractivity contribution in [2.24, 2.45) is 0 Å². The summed E-state index contributed by atoms with van der Waals surface area (Å²) in [5, 5.41) is 15.1. The Bertz CT molecular complexity index is 1030. The predicted octanol–water partition coefficient (Wildman–Crippen LogP) is 3.83. The van der Waals surface area contributed by atoms with Crippen molar-refractivity contribution >= 4 is 18.0 Å². The third-order valence-electron chi connectivity index (χ3n) is 7.01. The van der Waals surface area contributed by atoms with Crippen LogP contribution in [0.25, 0.3) is 11.1 Å². The maximum absolute atomic E-state index is 12.6. The lowest BCUT2D eigenvalue weighted by Gasteiger charge is -2.34. The van der Waals surface area contributed by atoms with Gasteiger partial charge in [-0.25, -0.2) is 9.59 Å². The molecule has 35 heavy (non-hydrogen) atoms. The first kappa shape index (κ1) is 24.7. The summed E-state index contributed by atoms with van der Waals surface area (Å²) in [6, 6.07) is 16.0. The van der Waals surface area contributed by atoms with Gasteiger partial charge in [0, 0.05) is 44.4 Å².